The number of methoxy groups -OCH3 is 1. The molecule has 1 aliphatic rings. The largest absolute Gasteiger partial charge is 0.496 e. The highest BCUT2D eigenvalue weighted by Gasteiger charge is 2.35. The van der Waals surface area contributed by atoms with Gasteiger partial charge < -0.3 is 15.2 Å². The summed E-state index contributed by atoms with van der Waals surface area (Å²) in [6.07, 6.45) is -3.45. The molecule has 1 amide bonds. The number of hydrogen-bond donors (Lipinski definition) is 1. The average molecular weight is 445 g/mol. The van der Waals surface area contributed by atoms with Gasteiger partial charge in [-0.15, -0.1) is 0 Å². The van der Waals surface area contributed by atoms with Gasteiger partial charge in [-0.1, -0.05) is 12.1 Å². The fourth-order valence-corrected chi connectivity index (χ4v) is 3.93. The zero-order valence-corrected chi connectivity index (χ0v) is 17.6. The number of amides is 1. The molecule has 0 aliphatic carbocycles. The van der Waals surface area contributed by atoms with E-state index in [-0.39, 0.29) is 11.9 Å². The predicted molar refractivity (Wildman–Crippen MR) is 112 cm³/mol. The summed E-state index contributed by atoms with van der Waals surface area (Å²) in [4.78, 5) is 11.4. The minimum atomic E-state index is -4.53. The molecule has 1 aliphatic heterocycles. The smallest absolute Gasteiger partial charge is 0.419 e. The fraction of sp³-hybridized carbons (Fsp3) is 0.304. The number of nitrogens with zero attached hydrogens (tertiary/aromatic N) is 2. The van der Waals surface area contributed by atoms with E-state index in [9.17, 15) is 18.0 Å². The number of benzene rings is 2. The predicted octanol–water partition coefficient (Wildman–Crippen LogP) is 4.17. The summed E-state index contributed by atoms with van der Waals surface area (Å²) in [5.41, 5.74) is 8.61. The van der Waals surface area contributed by atoms with Gasteiger partial charge in [0.2, 0.25) is 5.91 Å². The average Bonchev–Trinajstić information content (AvgIpc) is 2.99. The quantitative estimate of drug-likeness (QED) is 0.654. The number of alkyl halides is 3. The molecule has 9 heteroatoms. The molecule has 168 valence electrons. The van der Waals surface area contributed by atoms with E-state index in [0.29, 0.717) is 36.4 Å². The Bertz CT molecular complexity index is 1150. The lowest BCUT2D eigenvalue weighted by Gasteiger charge is -2.15. The molecule has 0 saturated carbocycles. The minimum Gasteiger partial charge on any atom is -0.496 e. The van der Waals surface area contributed by atoms with E-state index in [2.05, 4.69) is 0 Å². The van der Waals surface area contributed by atoms with Crippen molar-refractivity contribution in [2.45, 2.75) is 32.0 Å². The van der Waals surface area contributed by atoms with Gasteiger partial charge in [0.25, 0.3) is 0 Å². The second-order valence-corrected chi connectivity index (χ2v) is 7.65. The van der Waals surface area contributed by atoms with E-state index in [4.69, 9.17) is 20.3 Å². The number of aromatic nitrogens is 2. The standard InChI is InChI=1S/C23H22F3N3O3/c1-13-11-19-17(9-10-32-13)21(14-3-5-15(6-4-14)22(27)30)28-29(19)16-7-8-18(23(24,25)26)20(12-16)31-2/h3-8,12-13H,9-11H2,1-2H3,(H2,27,30)/t13-/m1/s1. The molecule has 2 N–H and O–H groups in total. The summed E-state index contributed by atoms with van der Waals surface area (Å²) in [7, 11) is 1.21. The first-order valence-electron chi connectivity index (χ1n) is 10.1. The van der Waals surface area contributed by atoms with Crippen molar-refractivity contribution < 1.29 is 27.4 Å². The molecular weight excluding hydrogens is 423 g/mol. The monoisotopic (exact) mass is 445 g/mol. The SMILES string of the molecule is COc1cc(-n2nc(-c3ccc(C(N)=O)cc3)c3c2C[C@@H](C)OCC3)ccc1C(F)(F)F. The first-order valence-corrected chi connectivity index (χ1v) is 10.1. The molecule has 0 radical (unpaired) electrons. The Hall–Kier alpha value is -3.33. The van der Waals surface area contributed by atoms with Gasteiger partial charge in [-0.2, -0.15) is 18.3 Å². The third kappa shape index (κ3) is 4.08. The molecule has 2 aromatic carbocycles. The van der Waals surface area contributed by atoms with Crippen molar-refractivity contribution in [3.63, 3.8) is 0 Å². The Morgan fingerprint density at radius 3 is 2.56 bits per heavy atom. The number of carbonyl (C=O) groups is 1. The summed E-state index contributed by atoms with van der Waals surface area (Å²) < 4.78 is 52.4. The maximum atomic E-state index is 13.3. The fourth-order valence-electron chi connectivity index (χ4n) is 3.93. The van der Waals surface area contributed by atoms with Crippen molar-refractivity contribution in [2.75, 3.05) is 13.7 Å². The van der Waals surface area contributed by atoms with Crippen molar-refractivity contribution in [2.24, 2.45) is 5.73 Å². The van der Waals surface area contributed by atoms with E-state index in [1.54, 1.807) is 28.9 Å². The van der Waals surface area contributed by atoms with Crippen LogP contribution in [0.25, 0.3) is 16.9 Å². The van der Waals surface area contributed by atoms with Crippen LogP contribution in [0.2, 0.25) is 0 Å². The number of fused-ring (bicyclic) bond motifs is 1. The molecule has 32 heavy (non-hydrogen) atoms. The Balaban J connectivity index is 1.87. The number of carbonyl (C=O) groups excluding carboxylic acids is 1. The van der Waals surface area contributed by atoms with E-state index in [1.807, 2.05) is 6.92 Å². The maximum Gasteiger partial charge on any atom is 0.419 e. The van der Waals surface area contributed by atoms with Crippen LogP contribution in [-0.4, -0.2) is 35.5 Å². The Morgan fingerprint density at radius 1 is 1.22 bits per heavy atom. The van der Waals surface area contributed by atoms with Crippen LogP contribution in [0, 0.1) is 0 Å². The summed E-state index contributed by atoms with van der Waals surface area (Å²) in [5.74, 6) is -0.801. The van der Waals surface area contributed by atoms with E-state index in [0.717, 1.165) is 22.9 Å². The number of nitrogens with two attached hydrogens (primary N) is 1. The minimum absolute atomic E-state index is 0.0758. The van der Waals surface area contributed by atoms with Crippen LogP contribution in [0.3, 0.4) is 0 Å². The van der Waals surface area contributed by atoms with Crippen molar-refractivity contribution in [1.82, 2.24) is 9.78 Å². The van der Waals surface area contributed by atoms with Crippen molar-refractivity contribution in [3.8, 4) is 22.7 Å². The van der Waals surface area contributed by atoms with Crippen LogP contribution in [0.15, 0.2) is 42.5 Å². The molecule has 0 bridgehead atoms. The number of hydrogen-bond acceptors (Lipinski definition) is 4. The zero-order valence-electron chi connectivity index (χ0n) is 17.6. The molecule has 0 saturated heterocycles. The summed E-state index contributed by atoms with van der Waals surface area (Å²) >= 11 is 0. The van der Waals surface area contributed by atoms with Crippen LogP contribution < -0.4 is 10.5 Å². The van der Waals surface area contributed by atoms with Gasteiger partial charge in [-0.3, -0.25) is 4.79 Å². The third-order valence-corrected chi connectivity index (χ3v) is 5.50. The molecule has 0 fully saturated rings. The molecule has 0 unspecified atom stereocenters. The normalized spacial score (nSPS) is 16.3. The second-order valence-electron chi connectivity index (χ2n) is 7.65. The van der Waals surface area contributed by atoms with Crippen molar-refractivity contribution >= 4 is 5.91 Å². The Labute approximate surface area is 182 Å². The van der Waals surface area contributed by atoms with Crippen LogP contribution in [0.1, 0.15) is 34.1 Å². The van der Waals surface area contributed by atoms with Crippen molar-refractivity contribution in [1.29, 1.82) is 0 Å². The number of rotatable bonds is 4. The molecular formula is C23H22F3N3O3. The van der Waals surface area contributed by atoms with Gasteiger partial charge in [0.1, 0.15) is 5.75 Å². The lowest BCUT2D eigenvalue weighted by molar-refractivity contribution is -0.138. The first-order chi connectivity index (χ1) is 15.2. The topological polar surface area (TPSA) is 79.4 Å². The Morgan fingerprint density at radius 2 is 1.94 bits per heavy atom. The number of ether oxygens (including phenoxy) is 2. The van der Waals surface area contributed by atoms with Crippen LogP contribution in [0.5, 0.6) is 5.75 Å². The van der Waals surface area contributed by atoms with Crippen LogP contribution >= 0.6 is 0 Å². The molecule has 0 spiro atoms. The maximum absolute atomic E-state index is 13.3. The van der Waals surface area contributed by atoms with Crippen LogP contribution in [-0.2, 0) is 23.8 Å². The van der Waals surface area contributed by atoms with Crippen LogP contribution in [0.4, 0.5) is 13.2 Å². The van der Waals surface area contributed by atoms with Gasteiger partial charge >= 0.3 is 6.18 Å². The van der Waals surface area contributed by atoms with Crippen molar-refractivity contribution in [3.05, 3.63) is 64.8 Å². The molecule has 6 nitrogen and oxygen atoms in total. The number of halogens is 3. The lowest BCUT2D eigenvalue weighted by Crippen LogP contribution is -2.14. The highest BCUT2D eigenvalue weighted by Crippen LogP contribution is 2.38. The highest BCUT2D eigenvalue weighted by atomic mass is 19.4. The molecule has 1 aromatic heterocycles. The lowest BCUT2D eigenvalue weighted by atomic mass is 10.0. The van der Waals surface area contributed by atoms with E-state index in [1.165, 1.54) is 19.2 Å². The molecule has 3 aromatic rings. The van der Waals surface area contributed by atoms with Gasteiger partial charge in [-0.05, 0) is 37.6 Å². The van der Waals surface area contributed by atoms with Gasteiger partial charge in [0, 0.05) is 29.2 Å². The van der Waals surface area contributed by atoms with E-state index < -0.39 is 17.6 Å². The molecule has 2 heterocycles. The Kier molecular flexibility index (Phi) is 5.68. The first kappa shape index (κ1) is 21.9. The van der Waals surface area contributed by atoms with E-state index >= 15 is 0 Å². The summed E-state index contributed by atoms with van der Waals surface area (Å²) in [6.45, 7) is 2.45. The summed E-state index contributed by atoms with van der Waals surface area (Å²) in [6, 6.07) is 10.5. The molecule has 4 rings (SSSR count). The highest BCUT2D eigenvalue weighted by molar-refractivity contribution is 5.93. The summed E-state index contributed by atoms with van der Waals surface area (Å²) in [5, 5.41) is 4.76. The van der Waals surface area contributed by atoms with Gasteiger partial charge in [0.15, 0.2) is 0 Å². The second kappa shape index (κ2) is 8.31. The van der Waals surface area contributed by atoms with Gasteiger partial charge in [-0.25, -0.2) is 4.68 Å². The third-order valence-electron chi connectivity index (χ3n) is 5.50. The molecule has 1 atom stereocenters. The van der Waals surface area contributed by atoms with Gasteiger partial charge in [0.05, 0.1) is 42.5 Å². The number of primary amides is 1. The zero-order chi connectivity index (χ0) is 23.0.